The van der Waals surface area contributed by atoms with Gasteiger partial charge in [-0.1, -0.05) is 12.1 Å². The fourth-order valence-electron chi connectivity index (χ4n) is 4.35. The highest BCUT2D eigenvalue weighted by Crippen LogP contribution is 2.31. The van der Waals surface area contributed by atoms with E-state index < -0.39 is 0 Å². The third kappa shape index (κ3) is 5.68. The normalized spacial score (nSPS) is 18.1. The molecule has 35 heavy (non-hydrogen) atoms. The van der Waals surface area contributed by atoms with Crippen LogP contribution in [0.4, 0.5) is 11.5 Å². The molecule has 1 amide bonds. The van der Waals surface area contributed by atoms with E-state index in [9.17, 15) is 4.79 Å². The molecule has 0 spiro atoms. The maximum Gasteiger partial charge on any atom is 0.219 e. The summed E-state index contributed by atoms with van der Waals surface area (Å²) in [5, 5.41) is 9.92. The highest BCUT2D eigenvalue weighted by atomic mass is 16.2. The zero-order valence-electron chi connectivity index (χ0n) is 20.2. The van der Waals surface area contributed by atoms with Gasteiger partial charge in [0.25, 0.3) is 0 Å². The summed E-state index contributed by atoms with van der Waals surface area (Å²) in [6.45, 7) is 4.31. The standard InChI is InChI=1S/C26H30N8O/c1-17-9-10-21(16-34(17)18(2)35)26-31-23(20-7-5-11-29-14-20)13-25(32-26)30-22-8-4-6-19(12-22)24(33-27)15-28-3/h4-8,11-15,17,21,27-28H,9-10,16H2,1-3H3,(H,30,31,32)/b24-15-,33-27?/t17-,21+/m0/s1. The molecule has 0 saturated carbocycles. The van der Waals surface area contributed by atoms with Gasteiger partial charge in [0.05, 0.1) is 5.69 Å². The first kappa shape index (κ1) is 24.0. The van der Waals surface area contributed by atoms with E-state index in [0.29, 0.717) is 23.9 Å². The molecule has 3 aromatic rings. The minimum absolute atomic E-state index is 0.0471. The maximum atomic E-state index is 12.2. The number of pyridine rings is 1. The molecule has 2 atom stereocenters. The molecule has 1 aliphatic rings. The average Bonchev–Trinajstić information content (AvgIpc) is 2.88. The lowest BCUT2D eigenvalue weighted by Gasteiger charge is -2.37. The molecule has 4 rings (SSSR count). The molecule has 9 heteroatoms. The summed E-state index contributed by atoms with van der Waals surface area (Å²) >= 11 is 0. The van der Waals surface area contributed by atoms with E-state index in [-0.39, 0.29) is 17.9 Å². The number of nitrogens with zero attached hydrogens (tertiary/aromatic N) is 5. The summed E-state index contributed by atoms with van der Waals surface area (Å²) in [6.07, 6.45) is 7.02. The highest BCUT2D eigenvalue weighted by molar-refractivity contribution is 5.74. The third-order valence-corrected chi connectivity index (χ3v) is 6.18. The molecule has 180 valence electrons. The Morgan fingerprint density at radius 3 is 2.77 bits per heavy atom. The Bertz CT molecular complexity index is 1230. The van der Waals surface area contributed by atoms with Crippen LogP contribution in [-0.4, -0.2) is 45.4 Å². The smallest absolute Gasteiger partial charge is 0.219 e. The van der Waals surface area contributed by atoms with Gasteiger partial charge in [-0.25, -0.2) is 15.5 Å². The van der Waals surface area contributed by atoms with Gasteiger partial charge in [-0.3, -0.25) is 9.78 Å². The number of hydrogen-bond acceptors (Lipinski definition) is 8. The second-order valence-corrected chi connectivity index (χ2v) is 8.67. The zero-order valence-corrected chi connectivity index (χ0v) is 20.2. The number of hydrogen-bond donors (Lipinski definition) is 3. The SMILES string of the molecule is CN/C=C(\N=N)c1cccc(Nc2cc(-c3cccnc3)nc([C@@H]3CC[C@H](C)N(C(C)=O)C3)n2)c1. The average molecular weight is 471 g/mol. The van der Waals surface area contributed by atoms with Crippen molar-refractivity contribution in [3.05, 3.63) is 72.4 Å². The summed E-state index contributed by atoms with van der Waals surface area (Å²) in [4.78, 5) is 28.1. The Balaban J connectivity index is 1.70. The van der Waals surface area contributed by atoms with Gasteiger partial charge in [-0.15, -0.1) is 0 Å². The van der Waals surface area contributed by atoms with Crippen LogP contribution in [0.5, 0.6) is 0 Å². The lowest BCUT2D eigenvalue weighted by molar-refractivity contribution is -0.132. The van der Waals surface area contributed by atoms with Crippen molar-refractivity contribution >= 4 is 23.1 Å². The summed E-state index contributed by atoms with van der Waals surface area (Å²) in [7, 11) is 1.77. The van der Waals surface area contributed by atoms with Gasteiger partial charge in [0.2, 0.25) is 5.91 Å². The van der Waals surface area contributed by atoms with Crippen molar-refractivity contribution in [2.45, 2.75) is 38.6 Å². The highest BCUT2D eigenvalue weighted by Gasteiger charge is 2.30. The van der Waals surface area contributed by atoms with Crippen LogP contribution in [0.15, 0.2) is 66.2 Å². The van der Waals surface area contributed by atoms with Crippen molar-refractivity contribution in [1.82, 2.24) is 25.2 Å². The molecule has 1 aromatic carbocycles. The number of likely N-dealkylation sites (tertiary alicyclic amines) is 1. The summed E-state index contributed by atoms with van der Waals surface area (Å²) in [5.74, 6) is 1.48. The van der Waals surface area contributed by atoms with Crippen molar-refractivity contribution < 1.29 is 4.79 Å². The van der Waals surface area contributed by atoms with Crippen LogP contribution in [0.1, 0.15) is 44.0 Å². The Labute approximate surface area is 205 Å². The van der Waals surface area contributed by atoms with E-state index >= 15 is 0 Å². The number of benzene rings is 1. The Hall–Kier alpha value is -4.14. The van der Waals surface area contributed by atoms with Crippen LogP contribution in [-0.2, 0) is 4.79 Å². The van der Waals surface area contributed by atoms with Crippen LogP contribution in [0.25, 0.3) is 17.0 Å². The van der Waals surface area contributed by atoms with Crippen LogP contribution in [0.3, 0.4) is 0 Å². The summed E-state index contributed by atoms with van der Waals surface area (Å²) in [5.41, 5.74) is 11.3. The Morgan fingerprint density at radius 2 is 2.06 bits per heavy atom. The van der Waals surface area contributed by atoms with Crippen molar-refractivity contribution in [3.8, 4) is 11.3 Å². The number of carbonyl (C=O) groups excluding carboxylic acids is 1. The largest absolute Gasteiger partial charge is 0.392 e. The van der Waals surface area contributed by atoms with E-state index in [2.05, 4.69) is 27.7 Å². The van der Waals surface area contributed by atoms with E-state index in [1.165, 1.54) is 0 Å². The van der Waals surface area contributed by atoms with Crippen molar-refractivity contribution in [2.24, 2.45) is 5.11 Å². The third-order valence-electron chi connectivity index (χ3n) is 6.18. The van der Waals surface area contributed by atoms with Crippen LogP contribution in [0, 0.1) is 5.53 Å². The van der Waals surface area contributed by atoms with E-state index in [1.807, 2.05) is 47.4 Å². The second-order valence-electron chi connectivity index (χ2n) is 8.67. The molecule has 3 heterocycles. The number of aromatic nitrogens is 3. The van der Waals surface area contributed by atoms with Gasteiger partial charge < -0.3 is 15.5 Å². The van der Waals surface area contributed by atoms with Gasteiger partial charge in [-0.05, 0) is 44.0 Å². The van der Waals surface area contributed by atoms with E-state index in [4.69, 9.17) is 15.5 Å². The number of anilines is 2. The quantitative estimate of drug-likeness (QED) is 0.421. The second kappa shape index (κ2) is 10.9. The molecule has 9 nitrogen and oxygen atoms in total. The number of amides is 1. The lowest BCUT2D eigenvalue weighted by Crippen LogP contribution is -2.44. The fourth-order valence-corrected chi connectivity index (χ4v) is 4.35. The van der Waals surface area contributed by atoms with Crippen molar-refractivity contribution in [2.75, 3.05) is 18.9 Å². The van der Waals surface area contributed by atoms with Gasteiger partial charge in [0, 0.05) is 74.0 Å². The number of carbonyl (C=O) groups is 1. The first-order chi connectivity index (χ1) is 17.0. The van der Waals surface area contributed by atoms with E-state index in [1.54, 1.807) is 32.6 Å². The van der Waals surface area contributed by atoms with Gasteiger partial charge in [0.1, 0.15) is 17.3 Å². The molecule has 0 aliphatic carbocycles. The minimum atomic E-state index is 0.0471. The first-order valence-electron chi connectivity index (χ1n) is 11.7. The number of piperidine rings is 1. The van der Waals surface area contributed by atoms with Gasteiger partial charge in [0.15, 0.2) is 0 Å². The van der Waals surface area contributed by atoms with Crippen molar-refractivity contribution in [1.29, 1.82) is 5.53 Å². The lowest BCUT2D eigenvalue weighted by atomic mass is 9.92. The van der Waals surface area contributed by atoms with Crippen molar-refractivity contribution in [3.63, 3.8) is 0 Å². The molecular formula is C26H30N8O. The predicted octanol–water partition coefficient (Wildman–Crippen LogP) is 4.95. The van der Waals surface area contributed by atoms with Gasteiger partial charge >= 0.3 is 0 Å². The molecule has 2 aromatic heterocycles. The molecule has 3 N–H and O–H groups in total. The monoisotopic (exact) mass is 470 g/mol. The molecular weight excluding hydrogens is 440 g/mol. The zero-order chi connectivity index (χ0) is 24.8. The topological polar surface area (TPSA) is 119 Å². The van der Waals surface area contributed by atoms with Crippen LogP contribution >= 0.6 is 0 Å². The molecule has 0 unspecified atom stereocenters. The minimum Gasteiger partial charge on any atom is -0.392 e. The first-order valence-corrected chi connectivity index (χ1v) is 11.7. The molecule has 1 saturated heterocycles. The fraction of sp³-hybridized carbons (Fsp3) is 0.308. The van der Waals surface area contributed by atoms with Crippen LogP contribution in [0.2, 0.25) is 0 Å². The summed E-state index contributed by atoms with van der Waals surface area (Å²) in [6, 6.07) is 13.6. The Kier molecular flexibility index (Phi) is 7.45. The molecule has 0 bridgehead atoms. The number of rotatable bonds is 7. The predicted molar refractivity (Wildman–Crippen MR) is 136 cm³/mol. The van der Waals surface area contributed by atoms with Crippen LogP contribution < -0.4 is 10.6 Å². The van der Waals surface area contributed by atoms with E-state index in [0.717, 1.165) is 35.3 Å². The van der Waals surface area contributed by atoms with Gasteiger partial charge in [-0.2, -0.15) is 5.11 Å². The molecule has 0 radical (unpaired) electrons. The number of nitrogens with one attached hydrogen (secondary N) is 3. The Morgan fingerprint density at radius 1 is 1.20 bits per heavy atom. The maximum absolute atomic E-state index is 12.2. The molecule has 1 fully saturated rings. The molecule has 1 aliphatic heterocycles. The summed E-state index contributed by atoms with van der Waals surface area (Å²) < 4.78 is 0.